The van der Waals surface area contributed by atoms with Gasteiger partial charge < -0.3 is 10.1 Å². The summed E-state index contributed by atoms with van der Waals surface area (Å²) >= 11 is 0. The molecule has 1 fully saturated rings. The topological polar surface area (TPSA) is 68.3 Å². The molecule has 2 rings (SSSR count). The van der Waals surface area contributed by atoms with Crippen LogP contribution in [-0.2, 0) is 9.84 Å². The Morgan fingerprint density at radius 1 is 1.56 bits per heavy atom. The number of hydrogen-bond donors (Lipinski definition) is 1. The van der Waals surface area contributed by atoms with Gasteiger partial charge in [-0.1, -0.05) is 0 Å². The Balaban J connectivity index is 2.02. The minimum absolute atomic E-state index is 0.297. The van der Waals surface area contributed by atoms with Crippen molar-refractivity contribution in [3.63, 3.8) is 0 Å². The molecule has 0 amide bonds. The van der Waals surface area contributed by atoms with Crippen LogP contribution in [0.5, 0.6) is 5.75 Å². The zero-order chi connectivity index (χ0) is 13.0. The van der Waals surface area contributed by atoms with Crippen LogP contribution in [-0.4, -0.2) is 37.6 Å². The third kappa shape index (κ3) is 2.93. The first-order valence-corrected chi connectivity index (χ1v) is 7.88. The van der Waals surface area contributed by atoms with Crippen molar-refractivity contribution in [2.75, 3.05) is 24.2 Å². The van der Waals surface area contributed by atoms with E-state index in [1.165, 1.54) is 0 Å². The first-order valence-electron chi connectivity index (χ1n) is 6.16. The van der Waals surface area contributed by atoms with Gasteiger partial charge in [-0.15, -0.1) is 0 Å². The monoisotopic (exact) mass is 270 g/mol. The van der Waals surface area contributed by atoms with Gasteiger partial charge in [0.1, 0.15) is 0 Å². The van der Waals surface area contributed by atoms with E-state index in [-0.39, 0.29) is 5.25 Å². The van der Waals surface area contributed by atoms with Gasteiger partial charge in [0.2, 0.25) is 0 Å². The molecule has 6 heteroatoms. The van der Waals surface area contributed by atoms with Crippen LogP contribution in [0.4, 0.5) is 5.82 Å². The Bertz CT molecular complexity index is 502. The summed E-state index contributed by atoms with van der Waals surface area (Å²) in [5, 5.41) is 2.78. The van der Waals surface area contributed by atoms with E-state index in [1.54, 1.807) is 12.3 Å². The third-order valence-electron chi connectivity index (χ3n) is 3.03. The number of rotatable bonds is 5. The molecular formula is C12H18N2O3S. The maximum Gasteiger partial charge on any atom is 0.168 e. The van der Waals surface area contributed by atoms with Crippen molar-refractivity contribution in [1.29, 1.82) is 0 Å². The molecule has 0 spiro atoms. The molecule has 0 bridgehead atoms. The van der Waals surface area contributed by atoms with Gasteiger partial charge in [0.05, 0.1) is 17.6 Å². The minimum Gasteiger partial charge on any atom is -0.490 e. The van der Waals surface area contributed by atoms with Crippen molar-refractivity contribution in [1.82, 2.24) is 4.98 Å². The average molecular weight is 270 g/mol. The fraction of sp³-hybridized carbons (Fsp3) is 0.583. The van der Waals surface area contributed by atoms with Gasteiger partial charge in [0, 0.05) is 12.7 Å². The third-order valence-corrected chi connectivity index (χ3v) is 5.31. The van der Waals surface area contributed by atoms with E-state index in [9.17, 15) is 8.42 Å². The predicted octanol–water partition coefficient (Wildman–Crippen LogP) is 1.47. The highest BCUT2D eigenvalue weighted by molar-refractivity contribution is 7.92. The van der Waals surface area contributed by atoms with E-state index in [1.807, 2.05) is 13.0 Å². The average Bonchev–Trinajstić information content (AvgIpc) is 2.68. The van der Waals surface area contributed by atoms with E-state index in [4.69, 9.17) is 4.74 Å². The van der Waals surface area contributed by atoms with Gasteiger partial charge in [0.15, 0.2) is 21.4 Å². The lowest BCUT2D eigenvalue weighted by Crippen LogP contribution is -2.25. The number of aromatic nitrogens is 1. The fourth-order valence-electron chi connectivity index (χ4n) is 2.09. The second-order valence-corrected chi connectivity index (χ2v) is 6.70. The van der Waals surface area contributed by atoms with Crippen molar-refractivity contribution in [3.05, 3.63) is 18.3 Å². The van der Waals surface area contributed by atoms with E-state index < -0.39 is 9.84 Å². The number of pyridine rings is 1. The Kier molecular flexibility index (Phi) is 4.06. The summed E-state index contributed by atoms with van der Waals surface area (Å²) in [6, 6.07) is 3.62. The number of ether oxygens (including phenoxy) is 1. The summed E-state index contributed by atoms with van der Waals surface area (Å²) in [6.45, 7) is 2.86. The highest BCUT2D eigenvalue weighted by Gasteiger charge is 2.31. The molecule has 0 aromatic carbocycles. The van der Waals surface area contributed by atoms with Crippen LogP contribution in [0, 0.1) is 0 Å². The van der Waals surface area contributed by atoms with Gasteiger partial charge in [-0.25, -0.2) is 13.4 Å². The zero-order valence-corrected chi connectivity index (χ0v) is 11.2. The summed E-state index contributed by atoms with van der Waals surface area (Å²) in [5.74, 6) is 1.58. The van der Waals surface area contributed by atoms with Crippen LogP contribution >= 0.6 is 0 Å². The van der Waals surface area contributed by atoms with Gasteiger partial charge in [-0.3, -0.25) is 0 Å². The van der Waals surface area contributed by atoms with Gasteiger partial charge in [-0.2, -0.15) is 0 Å². The van der Waals surface area contributed by atoms with Crippen LogP contribution in [0.25, 0.3) is 0 Å². The molecule has 1 saturated heterocycles. The number of sulfone groups is 1. The number of nitrogens with one attached hydrogen (secondary N) is 1. The van der Waals surface area contributed by atoms with E-state index in [0.29, 0.717) is 30.5 Å². The number of hydrogen-bond acceptors (Lipinski definition) is 5. The first kappa shape index (κ1) is 13.1. The minimum atomic E-state index is -2.91. The summed E-state index contributed by atoms with van der Waals surface area (Å²) in [6.07, 6.45) is 3.15. The van der Waals surface area contributed by atoms with E-state index >= 15 is 0 Å². The zero-order valence-electron chi connectivity index (χ0n) is 10.4. The van der Waals surface area contributed by atoms with Crippen molar-refractivity contribution in [2.24, 2.45) is 0 Å². The quantitative estimate of drug-likeness (QED) is 0.877. The molecule has 100 valence electrons. The molecule has 18 heavy (non-hydrogen) atoms. The predicted molar refractivity (Wildman–Crippen MR) is 70.7 cm³/mol. The van der Waals surface area contributed by atoms with Crippen molar-refractivity contribution >= 4 is 15.7 Å². The molecular weight excluding hydrogens is 252 g/mol. The lowest BCUT2D eigenvalue weighted by atomic mass is 10.2. The Morgan fingerprint density at radius 3 is 3.06 bits per heavy atom. The second kappa shape index (κ2) is 5.56. The maximum atomic E-state index is 11.7. The van der Waals surface area contributed by atoms with Gasteiger partial charge in [-0.05, 0) is 31.9 Å². The van der Waals surface area contributed by atoms with Gasteiger partial charge in [0.25, 0.3) is 0 Å². The lowest BCUT2D eigenvalue weighted by Gasteiger charge is -2.14. The molecule has 1 atom stereocenters. The molecule has 0 radical (unpaired) electrons. The van der Waals surface area contributed by atoms with Crippen LogP contribution in [0.1, 0.15) is 19.8 Å². The normalized spacial score (nSPS) is 21.7. The van der Waals surface area contributed by atoms with E-state index in [0.717, 1.165) is 12.8 Å². The molecule has 1 aromatic heterocycles. The summed E-state index contributed by atoms with van der Waals surface area (Å²) in [5.41, 5.74) is 0. The standard InChI is InChI=1S/C12H18N2O3S/c1-2-17-11-6-3-7-13-12(11)14-9-10-5-4-8-18(10,15)16/h3,6-7,10H,2,4-5,8-9H2,1H3,(H,13,14). The molecule has 1 unspecified atom stereocenters. The first-order chi connectivity index (χ1) is 8.63. The molecule has 0 saturated carbocycles. The molecule has 1 N–H and O–H groups in total. The molecule has 1 aromatic rings. The highest BCUT2D eigenvalue weighted by Crippen LogP contribution is 2.24. The molecule has 2 heterocycles. The smallest absolute Gasteiger partial charge is 0.168 e. The number of nitrogens with zero attached hydrogens (tertiary/aromatic N) is 1. The Hall–Kier alpha value is -1.30. The van der Waals surface area contributed by atoms with Crippen molar-refractivity contribution < 1.29 is 13.2 Å². The van der Waals surface area contributed by atoms with Crippen molar-refractivity contribution in [3.8, 4) is 5.75 Å². The van der Waals surface area contributed by atoms with Crippen molar-refractivity contribution in [2.45, 2.75) is 25.0 Å². The largest absolute Gasteiger partial charge is 0.490 e. The van der Waals surface area contributed by atoms with Crippen LogP contribution in [0.3, 0.4) is 0 Å². The highest BCUT2D eigenvalue weighted by atomic mass is 32.2. The SMILES string of the molecule is CCOc1cccnc1NCC1CCCS1(=O)=O. The van der Waals surface area contributed by atoms with Crippen LogP contribution < -0.4 is 10.1 Å². The van der Waals surface area contributed by atoms with Crippen LogP contribution in [0.2, 0.25) is 0 Å². The summed E-state index contributed by atoms with van der Waals surface area (Å²) in [7, 11) is -2.91. The van der Waals surface area contributed by atoms with Crippen LogP contribution in [0.15, 0.2) is 18.3 Å². The second-order valence-electron chi connectivity index (χ2n) is 4.30. The summed E-state index contributed by atoms with van der Waals surface area (Å²) < 4.78 is 28.8. The number of anilines is 1. The molecule has 0 aliphatic carbocycles. The van der Waals surface area contributed by atoms with Gasteiger partial charge >= 0.3 is 0 Å². The summed E-state index contributed by atoms with van der Waals surface area (Å²) in [4.78, 5) is 4.18. The lowest BCUT2D eigenvalue weighted by molar-refractivity contribution is 0.340. The molecule has 5 nitrogen and oxygen atoms in total. The Labute approximate surface area is 107 Å². The Morgan fingerprint density at radius 2 is 2.39 bits per heavy atom. The maximum absolute atomic E-state index is 11.7. The molecule has 1 aliphatic rings. The van der Waals surface area contributed by atoms with E-state index in [2.05, 4.69) is 10.3 Å². The fourth-order valence-corrected chi connectivity index (χ4v) is 3.86. The molecule has 1 aliphatic heterocycles.